The Morgan fingerprint density at radius 2 is 1.68 bits per heavy atom. The molecule has 4 aliphatic rings. The van der Waals surface area contributed by atoms with Crippen molar-refractivity contribution in [1.82, 2.24) is 4.90 Å². The van der Waals surface area contributed by atoms with Gasteiger partial charge in [-0.2, -0.15) is 0 Å². The van der Waals surface area contributed by atoms with E-state index in [1.54, 1.807) is 11.1 Å². The molecule has 0 amide bonds. The van der Waals surface area contributed by atoms with E-state index in [1.165, 1.54) is 50.7 Å². The summed E-state index contributed by atoms with van der Waals surface area (Å²) in [5.41, 5.74) is 5.87. The average Bonchev–Trinajstić information content (AvgIpc) is 2.81. The van der Waals surface area contributed by atoms with Crippen molar-refractivity contribution in [3.63, 3.8) is 0 Å². The number of hydrogen-bond donors (Lipinski definition) is 0. The van der Waals surface area contributed by atoms with E-state index < -0.39 is 0 Å². The molecular weight excluding hydrogens is 376 g/mol. The Balaban J connectivity index is 1.66. The number of aliphatic imine (C=N–C) groups is 1. The summed E-state index contributed by atoms with van der Waals surface area (Å²) >= 11 is 0. The first-order valence-corrected chi connectivity index (χ1v) is 13.0. The fourth-order valence-electron chi connectivity index (χ4n) is 8.94. The van der Waals surface area contributed by atoms with Crippen LogP contribution in [0.4, 0.5) is 0 Å². The van der Waals surface area contributed by atoms with Gasteiger partial charge in [0, 0.05) is 11.8 Å². The zero-order chi connectivity index (χ0) is 22.8. The standard InChI is InChI=1S/C29H48N2/c1-19(2)30-20(3)23-15-17-29(7)25-12-11-24-21(18-22(25)14-16-28(23,29)6)10-13-26(31(8)9)27(24,4)5/h10,18,20,23-26H,11-17H2,1-9H3. The lowest BCUT2D eigenvalue weighted by Crippen LogP contribution is -2.48. The molecule has 0 spiro atoms. The predicted octanol–water partition coefficient (Wildman–Crippen LogP) is 7.31. The molecule has 7 atom stereocenters. The monoisotopic (exact) mass is 424 g/mol. The molecule has 0 N–H and O–H groups in total. The average molecular weight is 425 g/mol. The van der Waals surface area contributed by atoms with Gasteiger partial charge in [0.05, 0.1) is 6.04 Å². The smallest absolute Gasteiger partial charge is 0.0504 e. The Morgan fingerprint density at radius 1 is 1.00 bits per heavy atom. The Morgan fingerprint density at radius 3 is 2.32 bits per heavy atom. The van der Waals surface area contributed by atoms with E-state index in [0.717, 1.165) is 11.8 Å². The third kappa shape index (κ3) is 3.51. The Labute approximate surface area is 192 Å². The molecule has 0 aliphatic heterocycles. The second-order valence-electron chi connectivity index (χ2n) is 12.9. The molecule has 0 aromatic carbocycles. The normalized spacial score (nSPS) is 42.5. The van der Waals surface area contributed by atoms with Gasteiger partial charge in [-0.1, -0.05) is 45.4 Å². The molecule has 174 valence electrons. The maximum atomic E-state index is 5.04. The van der Waals surface area contributed by atoms with Gasteiger partial charge in [0.25, 0.3) is 0 Å². The lowest BCUT2D eigenvalue weighted by molar-refractivity contribution is -0.0188. The highest BCUT2D eigenvalue weighted by molar-refractivity contribution is 5.79. The number of allylic oxidation sites excluding steroid dienone is 3. The van der Waals surface area contributed by atoms with Crippen LogP contribution < -0.4 is 0 Å². The summed E-state index contributed by atoms with van der Waals surface area (Å²) in [6.45, 7) is 17.1. The summed E-state index contributed by atoms with van der Waals surface area (Å²) in [7, 11) is 4.54. The van der Waals surface area contributed by atoms with E-state index in [9.17, 15) is 0 Å². The molecule has 0 aromatic rings. The van der Waals surface area contributed by atoms with Gasteiger partial charge < -0.3 is 4.90 Å². The van der Waals surface area contributed by atoms with Crippen LogP contribution in [0.2, 0.25) is 0 Å². The molecule has 2 fully saturated rings. The van der Waals surface area contributed by atoms with Gasteiger partial charge in [0.1, 0.15) is 0 Å². The topological polar surface area (TPSA) is 15.6 Å². The van der Waals surface area contributed by atoms with Gasteiger partial charge in [-0.3, -0.25) is 4.99 Å². The SMILES string of the molecule is CC(C)=NC(C)C1CCC2(C)C3CCC4C(=CCC(N(C)C)C4(C)C)C=C3CCC12C. The summed E-state index contributed by atoms with van der Waals surface area (Å²) < 4.78 is 0. The van der Waals surface area contributed by atoms with Crippen molar-refractivity contribution in [2.24, 2.45) is 39.0 Å². The van der Waals surface area contributed by atoms with Crippen LogP contribution in [0.15, 0.2) is 28.3 Å². The molecule has 2 saturated carbocycles. The number of rotatable bonds is 3. The van der Waals surface area contributed by atoms with Gasteiger partial charge in [0.2, 0.25) is 0 Å². The lowest BCUT2D eigenvalue weighted by Gasteiger charge is -2.55. The zero-order valence-electron chi connectivity index (χ0n) is 21.9. The molecule has 0 saturated heterocycles. The number of nitrogens with zero attached hydrogens (tertiary/aromatic N) is 2. The Hall–Kier alpha value is -0.890. The van der Waals surface area contributed by atoms with Crippen molar-refractivity contribution in [1.29, 1.82) is 0 Å². The molecule has 0 radical (unpaired) electrons. The molecule has 2 heteroatoms. The Bertz CT molecular complexity index is 796. The van der Waals surface area contributed by atoms with E-state index >= 15 is 0 Å². The summed E-state index contributed by atoms with van der Waals surface area (Å²) in [5.74, 6) is 2.19. The van der Waals surface area contributed by atoms with Crippen LogP contribution >= 0.6 is 0 Å². The van der Waals surface area contributed by atoms with Crippen molar-refractivity contribution in [2.45, 2.75) is 105 Å². The van der Waals surface area contributed by atoms with E-state index in [1.807, 2.05) is 0 Å². The second-order valence-corrected chi connectivity index (χ2v) is 12.9. The second kappa shape index (κ2) is 7.86. The van der Waals surface area contributed by atoms with Crippen LogP contribution in [0.1, 0.15) is 93.4 Å². The van der Waals surface area contributed by atoms with Gasteiger partial charge in [-0.15, -0.1) is 0 Å². The van der Waals surface area contributed by atoms with Gasteiger partial charge in [-0.25, -0.2) is 0 Å². The molecule has 7 unspecified atom stereocenters. The van der Waals surface area contributed by atoms with Crippen LogP contribution in [-0.2, 0) is 0 Å². The first-order valence-electron chi connectivity index (χ1n) is 13.0. The molecule has 0 heterocycles. The third-order valence-corrected chi connectivity index (χ3v) is 10.7. The predicted molar refractivity (Wildman–Crippen MR) is 135 cm³/mol. The quantitative estimate of drug-likeness (QED) is 0.434. The largest absolute Gasteiger partial charge is 0.306 e. The maximum Gasteiger partial charge on any atom is 0.0504 e. The first-order chi connectivity index (χ1) is 14.4. The van der Waals surface area contributed by atoms with Crippen molar-refractivity contribution in [2.75, 3.05) is 14.1 Å². The molecule has 0 aromatic heterocycles. The zero-order valence-corrected chi connectivity index (χ0v) is 21.9. The number of hydrogen-bond acceptors (Lipinski definition) is 2. The first kappa shape index (κ1) is 23.3. The van der Waals surface area contributed by atoms with Crippen molar-refractivity contribution in [3.8, 4) is 0 Å². The van der Waals surface area contributed by atoms with Gasteiger partial charge >= 0.3 is 0 Å². The fourth-order valence-corrected chi connectivity index (χ4v) is 8.94. The fraction of sp³-hybridized carbons (Fsp3) is 0.828. The van der Waals surface area contributed by atoms with Gasteiger partial charge in [0.15, 0.2) is 0 Å². The maximum absolute atomic E-state index is 5.04. The molecule has 31 heavy (non-hydrogen) atoms. The molecule has 4 aliphatic carbocycles. The van der Waals surface area contributed by atoms with E-state index in [4.69, 9.17) is 4.99 Å². The van der Waals surface area contributed by atoms with Crippen LogP contribution in [0.3, 0.4) is 0 Å². The van der Waals surface area contributed by atoms with Gasteiger partial charge in [-0.05, 0) is 119 Å². The van der Waals surface area contributed by atoms with Crippen LogP contribution in [0.5, 0.6) is 0 Å². The summed E-state index contributed by atoms with van der Waals surface area (Å²) in [6, 6.07) is 1.10. The van der Waals surface area contributed by atoms with Crippen LogP contribution in [-0.4, -0.2) is 36.8 Å². The summed E-state index contributed by atoms with van der Waals surface area (Å²) in [4.78, 5) is 7.51. The molecule has 4 rings (SSSR count). The highest BCUT2D eigenvalue weighted by Gasteiger charge is 2.61. The summed E-state index contributed by atoms with van der Waals surface area (Å²) in [5, 5.41) is 0. The van der Waals surface area contributed by atoms with E-state index in [0.29, 0.717) is 34.2 Å². The highest BCUT2D eigenvalue weighted by Crippen LogP contribution is 2.69. The molecule has 0 bridgehead atoms. The van der Waals surface area contributed by atoms with Crippen molar-refractivity contribution < 1.29 is 0 Å². The molecular formula is C29H48N2. The van der Waals surface area contributed by atoms with Crippen LogP contribution in [0.25, 0.3) is 0 Å². The number of fused-ring (bicyclic) bond motifs is 4. The molecule has 2 nitrogen and oxygen atoms in total. The lowest BCUT2D eigenvalue weighted by atomic mass is 9.50. The third-order valence-electron chi connectivity index (χ3n) is 10.7. The van der Waals surface area contributed by atoms with Crippen LogP contribution in [0, 0.1) is 34.0 Å². The minimum absolute atomic E-state index is 0.336. The van der Waals surface area contributed by atoms with E-state index in [2.05, 4.69) is 79.6 Å². The van der Waals surface area contributed by atoms with E-state index in [-0.39, 0.29) is 0 Å². The summed E-state index contributed by atoms with van der Waals surface area (Å²) in [6.07, 6.45) is 14.6. The van der Waals surface area contributed by atoms with Crippen molar-refractivity contribution in [3.05, 3.63) is 23.3 Å². The minimum Gasteiger partial charge on any atom is -0.306 e. The highest BCUT2D eigenvalue weighted by atomic mass is 15.1. The van der Waals surface area contributed by atoms with Crippen molar-refractivity contribution >= 4 is 5.71 Å². The Kier molecular flexibility index (Phi) is 5.90. The minimum atomic E-state index is 0.336.